The van der Waals surface area contributed by atoms with Gasteiger partial charge in [0.25, 0.3) is 0 Å². The van der Waals surface area contributed by atoms with Gasteiger partial charge in [-0.25, -0.2) is 9.97 Å². The summed E-state index contributed by atoms with van der Waals surface area (Å²) in [5, 5.41) is 12.6. The summed E-state index contributed by atoms with van der Waals surface area (Å²) in [7, 11) is 0. The lowest BCUT2D eigenvalue weighted by atomic mass is 9.92. The van der Waals surface area contributed by atoms with Gasteiger partial charge in [0.2, 0.25) is 11.9 Å². The van der Waals surface area contributed by atoms with Crippen molar-refractivity contribution < 1.29 is 9.90 Å². The number of nitrogens with one attached hydrogen (secondary N) is 1. The minimum Gasteiger partial charge on any atom is -0.396 e. The lowest BCUT2D eigenvalue weighted by Crippen LogP contribution is -2.37. The molecule has 0 spiro atoms. The van der Waals surface area contributed by atoms with E-state index in [0.717, 1.165) is 62.4 Å². The van der Waals surface area contributed by atoms with Gasteiger partial charge in [-0.2, -0.15) is 0 Å². The number of rotatable bonds is 4. The molecule has 4 rings (SSSR count). The monoisotopic (exact) mass is 386 g/mol. The molecule has 1 amide bonds. The summed E-state index contributed by atoms with van der Waals surface area (Å²) in [6.45, 7) is 10.8. The van der Waals surface area contributed by atoms with E-state index >= 15 is 0 Å². The van der Waals surface area contributed by atoms with Crippen LogP contribution in [-0.4, -0.2) is 40.7 Å². The lowest BCUT2D eigenvalue weighted by molar-refractivity contribution is -0.124. The van der Waals surface area contributed by atoms with Gasteiger partial charge in [0.1, 0.15) is 0 Å². The number of aliphatic hydroxyl groups is 1. The van der Waals surface area contributed by atoms with Crippen molar-refractivity contribution in [2.45, 2.75) is 65.8 Å². The second kappa shape index (κ2) is 6.97. The van der Waals surface area contributed by atoms with Crippen LogP contribution >= 0.6 is 0 Å². The normalized spacial score (nSPS) is 26.6. The average Bonchev–Trinajstić information content (AvgIpc) is 3.10. The molecule has 6 heteroatoms. The first-order valence-electron chi connectivity index (χ1n) is 10.8. The molecule has 1 saturated heterocycles. The Kier molecular flexibility index (Phi) is 4.89. The summed E-state index contributed by atoms with van der Waals surface area (Å²) in [6.07, 6.45) is 6.86. The van der Waals surface area contributed by atoms with Crippen LogP contribution in [0.5, 0.6) is 0 Å². The summed E-state index contributed by atoms with van der Waals surface area (Å²) in [4.78, 5) is 24.6. The highest BCUT2D eigenvalue weighted by atomic mass is 16.3. The molecule has 1 saturated carbocycles. The fourth-order valence-electron chi connectivity index (χ4n) is 5.26. The molecule has 1 aromatic rings. The molecule has 3 aliphatic rings. The number of hydrogen-bond donors (Lipinski definition) is 2. The zero-order valence-electron chi connectivity index (χ0n) is 17.7. The summed E-state index contributed by atoms with van der Waals surface area (Å²) >= 11 is 0. The Morgan fingerprint density at radius 3 is 2.50 bits per heavy atom. The number of anilines is 1. The highest BCUT2D eigenvalue weighted by Crippen LogP contribution is 2.68. The maximum Gasteiger partial charge on any atom is 0.225 e. The van der Waals surface area contributed by atoms with E-state index in [1.807, 2.05) is 6.20 Å². The smallest absolute Gasteiger partial charge is 0.225 e. The number of nitrogens with zero attached hydrogens (tertiary/aromatic N) is 3. The zero-order chi connectivity index (χ0) is 20.1. The van der Waals surface area contributed by atoms with Crippen molar-refractivity contribution in [1.29, 1.82) is 0 Å². The number of amides is 1. The molecule has 2 aliphatic carbocycles. The molecule has 2 fully saturated rings. The fraction of sp³-hybridized carbons (Fsp3) is 0.773. The summed E-state index contributed by atoms with van der Waals surface area (Å²) in [5.41, 5.74) is 2.27. The van der Waals surface area contributed by atoms with Crippen molar-refractivity contribution in [1.82, 2.24) is 15.3 Å². The first-order valence-corrected chi connectivity index (χ1v) is 10.8. The highest BCUT2D eigenvalue weighted by molar-refractivity contribution is 5.84. The Bertz CT molecular complexity index is 739. The van der Waals surface area contributed by atoms with E-state index in [-0.39, 0.29) is 35.3 Å². The summed E-state index contributed by atoms with van der Waals surface area (Å²) in [6, 6.07) is 0.0256. The number of piperidine rings is 1. The molecule has 28 heavy (non-hydrogen) atoms. The van der Waals surface area contributed by atoms with Crippen molar-refractivity contribution in [3.05, 3.63) is 17.5 Å². The van der Waals surface area contributed by atoms with Crippen LogP contribution in [0.25, 0.3) is 0 Å². The molecule has 2 heterocycles. The highest BCUT2D eigenvalue weighted by Gasteiger charge is 2.68. The van der Waals surface area contributed by atoms with Gasteiger partial charge in [0, 0.05) is 37.4 Å². The molecule has 1 aromatic heterocycles. The van der Waals surface area contributed by atoms with Crippen LogP contribution in [0.4, 0.5) is 5.95 Å². The Labute approximate surface area is 168 Å². The maximum absolute atomic E-state index is 12.9. The predicted octanol–water partition coefficient (Wildman–Crippen LogP) is 2.86. The zero-order valence-corrected chi connectivity index (χ0v) is 17.7. The van der Waals surface area contributed by atoms with Gasteiger partial charge in [0.15, 0.2) is 0 Å². The molecule has 0 bridgehead atoms. The van der Waals surface area contributed by atoms with Gasteiger partial charge in [-0.15, -0.1) is 0 Å². The van der Waals surface area contributed by atoms with Gasteiger partial charge in [0.05, 0.1) is 11.7 Å². The minimum absolute atomic E-state index is 0.0256. The first kappa shape index (κ1) is 19.6. The quantitative estimate of drug-likeness (QED) is 0.832. The largest absolute Gasteiger partial charge is 0.396 e. The first-order chi connectivity index (χ1) is 13.3. The Morgan fingerprint density at radius 2 is 1.89 bits per heavy atom. The average molecular weight is 387 g/mol. The van der Waals surface area contributed by atoms with Crippen molar-refractivity contribution in [2.75, 3.05) is 24.6 Å². The second-order valence-electron chi connectivity index (χ2n) is 10.0. The minimum atomic E-state index is 0.0256. The van der Waals surface area contributed by atoms with Crippen LogP contribution in [0.3, 0.4) is 0 Å². The van der Waals surface area contributed by atoms with E-state index < -0.39 is 0 Å². The van der Waals surface area contributed by atoms with E-state index in [2.05, 4.69) is 42.9 Å². The van der Waals surface area contributed by atoms with E-state index in [1.54, 1.807) is 0 Å². The predicted molar refractivity (Wildman–Crippen MR) is 109 cm³/mol. The Balaban J connectivity index is 1.46. The summed E-state index contributed by atoms with van der Waals surface area (Å²) in [5.74, 6) is 1.44. The molecular weight excluding hydrogens is 352 g/mol. The van der Waals surface area contributed by atoms with Crippen LogP contribution < -0.4 is 10.2 Å². The topological polar surface area (TPSA) is 78.4 Å². The molecule has 6 nitrogen and oxygen atoms in total. The lowest BCUT2D eigenvalue weighted by Gasteiger charge is -2.32. The molecule has 0 radical (unpaired) electrons. The third kappa shape index (κ3) is 3.19. The standard InChI is InChI=1S/C22H34N4O2/c1-21(2)18(22(21,3)4)19(28)24-16-6-5-7-17-15(16)12-23-20(25-17)26-10-8-14(13-27)9-11-26/h12,14,16,18,27H,5-11,13H2,1-4H3,(H,24,28). The number of hydrogen-bond acceptors (Lipinski definition) is 5. The van der Waals surface area contributed by atoms with Gasteiger partial charge < -0.3 is 15.3 Å². The summed E-state index contributed by atoms with van der Waals surface area (Å²) < 4.78 is 0. The van der Waals surface area contributed by atoms with Gasteiger partial charge in [-0.3, -0.25) is 4.79 Å². The van der Waals surface area contributed by atoms with Gasteiger partial charge >= 0.3 is 0 Å². The van der Waals surface area contributed by atoms with Crippen LogP contribution in [0.15, 0.2) is 6.20 Å². The number of carbonyl (C=O) groups excluding carboxylic acids is 1. The second-order valence-corrected chi connectivity index (χ2v) is 10.0. The van der Waals surface area contributed by atoms with Gasteiger partial charge in [-0.05, 0) is 48.9 Å². The molecule has 2 N–H and O–H groups in total. The SMILES string of the molecule is CC1(C)C(C(=O)NC2CCCc3nc(N4CCC(CO)CC4)ncc32)C1(C)C. The van der Waals surface area contributed by atoms with Crippen molar-refractivity contribution in [3.63, 3.8) is 0 Å². The van der Waals surface area contributed by atoms with E-state index in [9.17, 15) is 9.90 Å². The maximum atomic E-state index is 12.9. The van der Waals surface area contributed by atoms with E-state index in [1.165, 1.54) is 0 Å². The van der Waals surface area contributed by atoms with Crippen molar-refractivity contribution in [3.8, 4) is 0 Å². The van der Waals surface area contributed by atoms with Gasteiger partial charge in [-0.1, -0.05) is 27.7 Å². The Hall–Kier alpha value is -1.69. The molecule has 1 atom stereocenters. The van der Waals surface area contributed by atoms with E-state index in [4.69, 9.17) is 4.98 Å². The number of aromatic nitrogens is 2. The molecule has 1 aliphatic heterocycles. The third-order valence-corrected chi connectivity index (χ3v) is 7.92. The number of fused-ring (bicyclic) bond motifs is 1. The third-order valence-electron chi connectivity index (χ3n) is 7.92. The molecule has 0 aromatic carbocycles. The molecule has 154 valence electrons. The van der Waals surface area contributed by atoms with Crippen LogP contribution in [0.1, 0.15) is 70.7 Å². The fourth-order valence-corrected chi connectivity index (χ4v) is 5.26. The number of carbonyl (C=O) groups is 1. The van der Waals surface area contributed by atoms with Crippen molar-refractivity contribution >= 4 is 11.9 Å². The van der Waals surface area contributed by atoms with Crippen LogP contribution in [0, 0.1) is 22.7 Å². The van der Waals surface area contributed by atoms with Crippen LogP contribution in [-0.2, 0) is 11.2 Å². The molecule has 1 unspecified atom stereocenters. The Morgan fingerprint density at radius 1 is 1.21 bits per heavy atom. The number of aliphatic hydroxyl groups excluding tert-OH is 1. The van der Waals surface area contributed by atoms with Crippen molar-refractivity contribution in [2.24, 2.45) is 22.7 Å². The number of aryl methyl sites for hydroxylation is 1. The van der Waals surface area contributed by atoms with E-state index in [0.29, 0.717) is 5.92 Å². The molecular formula is C22H34N4O2. The van der Waals surface area contributed by atoms with Crippen LogP contribution in [0.2, 0.25) is 0 Å².